The van der Waals surface area contributed by atoms with Gasteiger partial charge in [0, 0.05) is 30.8 Å². The molecule has 144 valence electrons. The Hall–Kier alpha value is -2.67. The maximum atomic E-state index is 12.7. The number of nitrogens with zero attached hydrogens (tertiary/aromatic N) is 2. The summed E-state index contributed by atoms with van der Waals surface area (Å²) in [5, 5.41) is 13.1. The van der Waals surface area contributed by atoms with E-state index in [-0.39, 0.29) is 36.6 Å². The number of ketones is 1. The van der Waals surface area contributed by atoms with Crippen LogP contribution in [0.2, 0.25) is 0 Å². The molecule has 0 bridgehead atoms. The number of hydrogen-bond acceptors (Lipinski definition) is 6. The SMILES string of the molecule is CC(=O)c1ccc(OCc2cc(C(=O)N3CCCCC3CCO)no2)cc1. The van der Waals surface area contributed by atoms with Gasteiger partial charge in [-0.1, -0.05) is 5.16 Å². The zero-order valence-corrected chi connectivity index (χ0v) is 15.4. The minimum Gasteiger partial charge on any atom is -0.486 e. The van der Waals surface area contributed by atoms with Crippen molar-refractivity contribution in [3.63, 3.8) is 0 Å². The Balaban J connectivity index is 1.60. The third-order valence-electron chi connectivity index (χ3n) is 4.77. The van der Waals surface area contributed by atoms with E-state index in [2.05, 4.69) is 5.16 Å². The number of aliphatic hydroxyl groups excluding tert-OH is 1. The molecule has 1 atom stereocenters. The summed E-state index contributed by atoms with van der Waals surface area (Å²) in [7, 11) is 0. The molecule has 2 aromatic rings. The Kier molecular flexibility index (Phi) is 6.24. The second kappa shape index (κ2) is 8.81. The number of amides is 1. The number of piperidine rings is 1. The number of carbonyl (C=O) groups is 2. The van der Waals surface area contributed by atoms with Gasteiger partial charge in [0.15, 0.2) is 17.2 Å². The Morgan fingerprint density at radius 1 is 1.30 bits per heavy atom. The molecule has 1 N–H and O–H groups in total. The van der Waals surface area contributed by atoms with Gasteiger partial charge in [0.25, 0.3) is 5.91 Å². The number of likely N-dealkylation sites (tertiary alicyclic amines) is 1. The lowest BCUT2D eigenvalue weighted by Crippen LogP contribution is -2.44. The van der Waals surface area contributed by atoms with Gasteiger partial charge in [-0.15, -0.1) is 0 Å². The predicted molar refractivity (Wildman–Crippen MR) is 97.7 cm³/mol. The molecular weight excluding hydrogens is 348 g/mol. The number of hydrogen-bond donors (Lipinski definition) is 1. The number of Topliss-reactive ketones (excluding diaryl/α,β-unsaturated/α-hetero) is 1. The fraction of sp³-hybridized carbons (Fsp3) is 0.450. The van der Waals surface area contributed by atoms with Gasteiger partial charge in [0.2, 0.25) is 0 Å². The van der Waals surface area contributed by atoms with E-state index in [4.69, 9.17) is 9.26 Å². The summed E-state index contributed by atoms with van der Waals surface area (Å²) in [6.07, 6.45) is 3.50. The van der Waals surface area contributed by atoms with E-state index >= 15 is 0 Å². The fourth-order valence-corrected chi connectivity index (χ4v) is 3.29. The summed E-state index contributed by atoms with van der Waals surface area (Å²) in [5.74, 6) is 0.874. The molecule has 1 aliphatic rings. The molecular formula is C20H24N2O5. The van der Waals surface area contributed by atoms with Crippen molar-refractivity contribution < 1.29 is 24.0 Å². The smallest absolute Gasteiger partial charge is 0.276 e. The van der Waals surface area contributed by atoms with Crippen molar-refractivity contribution in [3.8, 4) is 5.75 Å². The highest BCUT2D eigenvalue weighted by atomic mass is 16.5. The summed E-state index contributed by atoms with van der Waals surface area (Å²) < 4.78 is 10.9. The van der Waals surface area contributed by atoms with E-state index in [1.54, 1.807) is 35.2 Å². The second-order valence-corrected chi connectivity index (χ2v) is 6.71. The van der Waals surface area contributed by atoms with Crippen molar-refractivity contribution in [3.05, 3.63) is 47.3 Å². The molecule has 7 nitrogen and oxygen atoms in total. The number of aliphatic hydroxyl groups is 1. The topological polar surface area (TPSA) is 92.9 Å². The Labute approximate surface area is 157 Å². The quantitative estimate of drug-likeness (QED) is 0.751. The van der Waals surface area contributed by atoms with Crippen molar-refractivity contribution >= 4 is 11.7 Å². The van der Waals surface area contributed by atoms with Crippen LogP contribution in [0.15, 0.2) is 34.9 Å². The van der Waals surface area contributed by atoms with Crippen molar-refractivity contribution in [2.75, 3.05) is 13.2 Å². The van der Waals surface area contributed by atoms with Gasteiger partial charge in [-0.3, -0.25) is 9.59 Å². The minimum absolute atomic E-state index is 0.00264. The van der Waals surface area contributed by atoms with E-state index in [0.717, 1.165) is 19.3 Å². The molecule has 1 unspecified atom stereocenters. The first-order valence-corrected chi connectivity index (χ1v) is 9.19. The Bertz CT molecular complexity index is 782. The number of ether oxygens (including phenoxy) is 1. The average molecular weight is 372 g/mol. The number of aromatic nitrogens is 1. The van der Waals surface area contributed by atoms with Gasteiger partial charge in [-0.25, -0.2) is 0 Å². The molecule has 1 aromatic carbocycles. The fourth-order valence-electron chi connectivity index (χ4n) is 3.29. The molecule has 1 saturated heterocycles. The van der Waals surface area contributed by atoms with Crippen LogP contribution in [-0.2, 0) is 6.61 Å². The molecule has 1 aromatic heterocycles. The van der Waals surface area contributed by atoms with Crippen molar-refractivity contribution in [2.24, 2.45) is 0 Å². The molecule has 3 rings (SSSR count). The van der Waals surface area contributed by atoms with E-state index in [9.17, 15) is 14.7 Å². The maximum Gasteiger partial charge on any atom is 0.276 e. The van der Waals surface area contributed by atoms with Crippen LogP contribution in [0.1, 0.15) is 59.2 Å². The van der Waals surface area contributed by atoms with Crippen LogP contribution in [0.3, 0.4) is 0 Å². The van der Waals surface area contributed by atoms with E-state index < -0.39 is 0 Å². The molecule has 0 spiro atoms. The van der Waals surface area contributed by atoms with Crippen LogP contribution < -0.4 is 4.74 Å². The van der Waals surface area contributed by atoms with Crippen LogP contribution in [0.5, 0.6) is 5.75 Å². The molecule has 1 aliphatic heterocycles. The molecule has 27 heavy (non-hydrogen) atoms. The third kappa shape index (κ3) is 4.74. The average Bonchev–Trinajstić information content (AvgIpc) is 3.16. The van der Waals surface area contributed by atoms with Gasteiger partial charge >= 0.3 is 0 Å². The monoisotopic (exact) mass is 372 g/mol. The van der Waals surface area contributed by atoms with Crippen LogP contribution in [0, 0.1) is 0 Å². The zero-order valence-electron chi connectivity index (χ0n) is 15.4. The van der Waals surface area contributed by atoms with E-state index in [1.165, 1.54) is 6.92 Å². The first kappa shape index (κ1) is 19.1. The molecule has 7 heteroatoms. The largest absolute Gasteiger partial charge is 0.486 e. The summed E-state index contributed by atoms with van der Waals surface area (Å²) >= 11 is 0. The summed E-state index contributed by atoms with van der Waals surface area (Å²) in [6.45, 7) is 2.38. The highest BCUT2D eigenvalue weighted by Crippen LogP contribution is 2.22. The van der Waals surface area contributed by atoms with Crippen LogP contribution in [0.4, 0.5) is 0 Å². The lowest BCUT2D eigenvalue weighted by atomic mass is 9.99. The highest BCUT2D eigenvalue weighted by Gasteiger charge is 2.29. The predicted octanol–water partition coefficient (Wildman–Crippen LogP) is 2.83. The van der Waals surface area contributed by atoms with Gasteiger partial charge < -0.3 is 19.3 Å². The zero-order chi connectivity index (χ0) is 19.2. The lowest BCUT2D eigenvalue weighted by molar-refractivity contribution is 0.0564. The standard InChI is InChI=1S/C20H24N2O5/c1-14(24)15-5-7-17(8-6-15)26-13-18-12-19(21-27-18)20(25)22-10-3-2-4-16(22)9-11-23/h5-8,12,16,23H,2-4,9-11,13H2,1H3. The van der Waals surface area contributed by atoms with Gasteiger partial charge in [-0.05, 0) is 56.9 Å². The number of benzene rings is 1. The summed E-state index contributed by atoms with van der Waals surface area (Å²) in [5.41, 5.74) is 0.874. The Morgan fingerprint density at radius 2 is 2.07 bits per heavy atom. The third-order valence-corrected chi connectivity index (χ3v) is 4.77. The first-order chi connectivity index (χ1) is 13.1. The second-order valence-electron chi connectivity index (χ2n) is 6.71. The van der Waals surface area contributed by atoms with E-state index in [1.807, 2.05) is 0 Å². The maximum absolute atomic E-state index is 12.7. The highest BCUT2D eigenvalue weighted by molar-refractivity contribution is 5.94. The van der Waals surface area contributed by atoms with Gasteiger partial charge in [-0.2, -0.15) is 0 Å². The van der Waals surface area contributed by atoms with Crippen LogP contribution >= 0.6 is 0 Å². The van der Waals surface area contributed by atoms with Gasteiger partial charge in [0.1, 0.15) is 12.4 Å². The van der Waals surface area contributed by atoms with Crippen LogP contribution in [0.25, 0.3) is 0 Å². The molecule has 0 radical (unpaired) electrons. The number of carbonyl (C=O) groups excluding carboxylic acids is 2. The molecule has 1 amide bonds. The van der Waals surface area contributed by atoms with Crippen molar-refractivity contribution in [2.45, 2.75) is 45.3 Å². The molecule has 0 aliphatic carbocycles. The minimum atomic E-state index is -0.172. The van der Waals surface area contributed by atoms with Crippen molar-refractivity contribution in [1.29, 1.82) is 0 Å². The molecule has 0 saturated carbocycles. The first-order valence-electron chi connectivity index (χ1n) is 9.19. The molecule has 1 fully saturated rings. The van der Waals surface area contributed by atoms with E-state index in [0.29, 0.717) is 30.0 Å². The Morgan fingerprint density at radius 3 is 2.78 bits per heavy atom. The number of rotatable bonds is 7. The van der Waals surface area contributed by atoms with Gasteiger partial charge in [0.05, 0.1) is 0 Å². The molecule has 2 heterocycles. The van der Waals surface area contributed by atoms with Crippen molar-refractivity contribution in [1.82, 2.24) is 10.1 Å². The summed E-state index contributed by atoms with van der Waals surface area (Å²) in [6, 6.07) is 8.47. The summed E-state index contributed by atoms with van der Waals surface area (Å²) in [4.78, 5) is 25.8. The normalized spacial score (nSPS) is 17.0. The lowest BCUT2D eigenvalue weighted by Gasteiger charge is -2.34. The van der Waals surface area contributed by atoms with Crippen LogP contribution in [-0.4, -0.2) is 46.0 Å².